The molecule has 29 heavy (non-hydrogen) atoms. The summed E-state index contributed by atoms with van der Waals surface area (Å²) in [6.07, 6.45) is 1.02. The molecule has 0 fully saturated rings. The van der Waals surface area contributed by atoms with Crippen molar-refractivity contribution in [2.45, 2.75) is 72.6 Å². The molecule has 0 N–H and O–H groups in total. The number of aryl methyl sites for hydroxylation is 1. The van der Waals surface area contributed by atoms with Crippen LogP contribution in [0.1, 0.15) is 70.7 Å². The highest BCUT2D eigenvalue weighted by Gasteiger charge is 2.17. The monoisotopic (exact) mass is 384 g/mol. The molecule has 0 heteroatoms. The van der Waals surface area contributed by atoms with Crippen molar-refractivity contribution in [2.75, 3.05) is 0 Å². The molecule has 0 saturated carbocycles. The fraction of sp³-hybridized carbons (Fsp3) is 0.379. The summed E-state index contributed by atoms with van der Waals surface area (Å²) in [5, 5.41) is 0. The van der Waals surface area contributed by atoms with Crippen LogP contribution in [0, 0.1) is 6.92 Å². The highest BCUT2D eigenvalue weighted by Crippen LogP contribution is 2.36. The Kier molecular flexibility index (Phi) is 5.77. The average Bonchev–Trinajstić information content (AvgIpc) is 2.66. The van der Waals surface area contributed by atoms with Crippen molar-refractivity contribution in [3.8, 4) is 22.3 Å². The second kappa shape index (κ2) is 7.82. The van der Waals surface area contributed by atoms with E-state index in [4.69, 9.17) is 0 Å². The lowest BCUT2D eigenvalue weighted by Gasteiger charge is -2.21. The molecule has 0 saturated heterocycles. The third-order valence-corrected chi connectivity index (χ3v) is 5.87. The molecule has 0 radical (unpaired) electrons. The van der Waals surface area contributed by atoms with E-state index in [-0.39, 0.29) is 10.8 Å². The number of benzene rings is 3. The van der Waals surface area contributed by atoms with Gasteiger partial charge in [-0.2, -0.15) is 0 Å². The molecule has 3 aromatic carbocycles. The molecular formula is C29H36. The van der Waals surface area contributed by atoms with Gasteiger partial charge in [0.2, 0.25) is 0 Å². The van der Waals surface area contributed by atoms with Gasteiger partial charge < -0.3 is 0 Å². The molecule has 0 amide bonds. The molecule has 3 rings (SSSR count). The average molecular weight is 385 g/mol. The zero-order valence-corrected chi connectivity index (χ0v) is 19.5. The van der Waals surface area contributed by atoms with Crippen molar-refractivity contribution in [3.63, 3.8) is 0 Å². The molecule has 0 spiro atoms. The van der Waals surface area contributed by atoms with Gasteiger partial charge >= 0.3 is 0 Å². The van der Waals surface area contributed by atoms with Crippen molar-refractivity contribution in [2.24, 2.45) is 0 Å². The van der Waals surface area contributed by atoms with Crippen LogP contribution < -0.4 is 0 Å². The standard InChI is InChI=1S/C29H36/c1-9-25-26(21-10-14-23(15-11-21)28(3,4)5)18-20(2)19-27(25)22-12-16-24(17-13-22)29(6,7)8/h10-19H,9H2,1-8H3. The molecule has 0 aliphatic heterocycles. The van der Waals surface area contributed by atoms with Gasteiger partial charge in [0.25, 0.3) is 0 Å². The van der Waals surface area contributed by atoms with E-state index in [0.29, 0.717) is 0 Å². The van der Waals surface area contributed by atoms with Crippen molar-refractivity contribution in [1.82, 2.24) is 0 Å². The van der Waals surface area contributed by atoms with Gasteiger partial charge in [-0.3, -0.25) is 0 Å². The van der Waals surface area contributed by atoms with E-state index in [1.54, 1.807) is 0 Å². The topological polar surface area (TPSA) is 0 Å². The molecule has 0 atom stereocenters. The van der Waals surface area contributed by atoms with Gasteiger partial charge in [0.1, 0.15) is 0 Å². The summed E-state index contributed by atoms with van der Waals surface area (Å²) in [6, 6.07) is 23.0. The van der Waals surface area contributed by atoms with Crippen LogP contribution in [-0.4, -0.2) is 0 Å². The van der Waals surface area contributed by atoms with Crippen LogP contribution in [0.15, 0.2) is 60.7 Å². The van der Waals surface area contributed by atoms with Crippen LogP contribution in [0.2, 0.25) is 0 Å². The van der Waals surface area contributed by atoms with E-state index in [1.807, 2.05) is 0 Å². The summed E-state index contributed by atoms with van der Waals surface area (Å²) in [7, 11) is 0. The van der Waals surface area contributed by atoms with E-state index < -0.39 is 0 Å². The summed E-state index contributed by atoms with van der Waals surface area (Å²) < 4.78 is 0. The lowest BCUT2D eigenvalue weighted by Crippen LogP contribution is -2.10. The Morgan fingerprint density at radius 3 is 1.21 bits per heavy atom. The smallest absolute Gasteiger partial charge is 0.0132 e. The van der Waals surface area contributed by atoms with E-state index in [1.165, 1.54) is 44.5 Å². The lowest BCUT2D eigenvalue weighted by atomic mass is 9.83. The van der Waals surface area contributed by atoms with Crippen LogP contribution in [-0.2, 0) is 17.3 Å². The van der Waals surface area contributed by atoms with E-state index >= 15 is 0 Å². The SMILES string of the molecule is CCc1c(-c2ccc(C(C)(C)C)cc2)cc(C)cc1-c1ccc(C(C)(C)C)cc1. The summed E-state index contributed by atoms with van der Waals surface area (Å²) in [4.78, 5) is 0. The molecular weight excluding hydrogens is 348 g/mol. The molecule has 0 bridgehead atoms. The van der Waals surface area contributed by atoms with Gasteiger partial charge in [0, 0.05) is 0 Å². The second-order valence-electron chi connectivity index (χ2n) is 10.3. The Hall–Kier alpha value is -2.34. The summed E-state index contributed by atoms with van der Waals surface area (Å²) in [5.74, 6) is 0. The van der Waals surface area contributed by atoms with Crippen molar-refractivity contribution in [3.05, 3.63) is 82.9 Å². The van der Waals surface area contributed by atoms with Gasteiger partial charge in [-0.15, -0.1) is 0 Å². The van der Waals surface area contributed by atoms with Gasteiger partial charge in [-0.1, -0.05) is 109 Å². The minimum atomic E-state index is 0.179. The molecule has 0 aliphatic carbocycles. The predicted molar refractivity (Wildman–Crippen MR) is 129 cm³/mol. The maximum Gasteiger partial charge on any atom is -0.0132 e. The first kappa shape index (κ1) is 21.4. The van der Waals surface area contributed by atoms with E-state index in [0.717, 1.165) is 6.42 Å². The van der Waals surface area contributed by atoms with Gasteiger partial charge in [0.05, 0.1) is 0 Å². The summed E-state index contributed by atoms with van der Waals surface area (Å²) in [5.41, 5.74) is 11.2. The first-order valence-electron chi connectivity index (χ1n) is 10.9. The lowest BCUT2D eigenvalue weighted by molar-refractivity contribution is 0.590. The first-order valence-corrected chi connectivity index (χ1v) is 10.9. The van der Waals surface area contributed by atoms with Crippen LogP contribution in [0.5, 0.6) is 0 Å². The van der Waals surface area contributed by atoms with Crippen molar-refractivity contribution in [1.29, 1.82) is 0 Å². The minimum Gasteiger partial charge on any atom is -0.0612 e. The Morgan fingerprint density at radius 1 is 0.586 bits per heavy atom. The summed E-state index contributed by atoms with van der Waals surface area (Å²) in [6.45, 7) is 18.1. The molecule has 152 valence electrons. The van der Waals surface area contributed by atoms with Crippen molar-refractivity contribution < 1.29 is 0 Å². The third-order valence-electron chi connectivity index (χ3n) is 5.87. The minimum absolute atomic E-state index is 0.179. The van der Waals surface area contributed by atoms with Crippen LogP contribution in [0.3, 0.4) is 0 Å². The Labute approximate surface area is 178 Å². The largest absolute Gasteiger partial charge is 0.0612 e. The molecule has 3 aromatic rings. The fourth-order valence-corrected chi connectivity index (χ4v) is 4.01. The Morgan fingerprint density at radius 2 is 0.931 bits per heavy atom. The quantitative estimate of drug-likeness (QED) is 0.424. The molecule has 0 aliphatic rings. The van der Waals surface area contributed by atoms with Crippen LogP contribution in [0.4, 0.5) is 0 Å². The second-order valence-corrected chi connectivity index (χ2v) is 10.3. The number of rotatable bonds is 3. The van der Waals surface area contributed by atoms with Crippen LogP contribution >= 0.6 is 0 Å². The fourth-order valence-electron chi connectivity index (χ4n) is 4.01. The molecule has 0 aromatic heterocycles. The highest BCUT2D eigenvalue weighted by atomic mass is 14.2. The zero-order chi connectivity index (χ0) is 21.4. The van der Waals surface area contributed by atoms with Crippen LogP contribution in [0.25, 0.3) is 22.3 Å². The molecule has 0 unspecified atom stereocenters. The highest BCUT2D eigenvalue weighted by molar-refractivity contribution is 5.80. The van der Waals surface area contributed by atoms with E-state index in [9.17, 15) is 0 Å². The zero-order valence-electron chi connectivity index (χ0n) is 19.5. The maximum absolute atomic E-state index is 2.35. The Balaban J connectivity index is 2.10. The molecule has 0 heterocycles. The normalized spacial score (nSPS) is 12.3. The first-order chi connectivity index (χ1) is 13.5. The van der Waals surface area contributed by atoms with Gasteiger partial charge in [-0.05, 0) is 68.7 Å². The number of hydrogen-bond donors (Lipinski definition) is 0. The molecule has 0 nitrogen and oxygen atoms in total. The van der Waals surface area contributed by atoms with E-state index in [2.05, 4.69) is 116 Å². The van der Waals surface area contributed by atoms with Gasteiger partial charge in [-0.25, -0.2) is 0 Å². The number of hydrogen-bond acceptors (Lipinski definition) is 0. The maximum atomic E-state index is 2.35. The Bertz CT molecular complexity index is 894. The van der Waals surface area contributed by atoms with Gasteiger partial charge in [0.15, 0.2) is 0 Å². The summed E-state index contributed by atoms with van der Waals surface area (Å²) >= 11 is 0. The third kappa shape index (κ3) is 4.64. The predicted octanol–water partition coefficient (Wildman–Crippen LogP) is 8.49. The van der Waals surface area contributed by atoms with Crippen molar-refractivity contribution >= 4 is 0 Å².